The van der Waals surface area contributed by atoms with Gasteiger partial charge in [0.25, 0.3) is 11.7 Å². The molecule has 0 spiro atoms. The number of hydrogen-bond donors (Lipinski definition) is 1. The highest BCUT2D eigenvalue weighted by molar-refractivity contribution is 6.46. The van der Waals surface area contributed by atoms with Crippen LogP contribution in [0.4, 0.5) is 4.39 Å². The Labute approximate surface area is 180 Å². The standard InChI is InChI=1S/C23H25FN2O5/c1-25(2)10-11-26-20(14-6-5-7-16(12-14)30-3)19(22(28)23(26)29)21(27)17-13-15(24)8-9-18(17)31-4/h5-9,12-13,20,27H,10-11H2,1-4H3. The van der Waals surface area contributed by atoms with Crippen LogP contribution in [0.1, 0.15) is 17.2 Å². The van der Waals surface area contributed by atoms with Gasteiger partial charge in [0, 0.05) is 13.1 Å². The summed E-state index contributed by atoms with van der Waals surface area (Å²) in [7, 11) is 6.60. The summed E-state index contributed by atoms with van der Waals surface area (Å²) in [6.07, 6.45) is 0. The van der Waals surface area contributed by atoms with Gasteiger partial charge in [-0.1, -0.05) is 12.1 Å². The predicted molar refractivity (Wildman–Crippen MR) is 114 cm³/mol. The molecule has 3 rings (SSSR count). The zero-order valence-electron chi connectivity index (χ0n) is 17.9. The Bertz CT molecular complexity index is 1030. The van der Waals surface area contributed by atoms with Gasteiger partial charge in [-0.25, -0.2) is 4.39 Å². The van der Waals surface area contributed by atoms with Gasteiger partial charge in [0.15, 0.2) is 0 Å². The molecule has 31 heavy (non-hydrogen) atoms. The quantitative estimate of drug-likeness (QED) is 0.415. The van der Waals surface area contributed by atoms with Gasteiger partial charge in [-0.05, 0) is 50.0 Å². The Hall–Kier alpha value is -3.39. The number of rotatable bonds is 7. The normalized spacial score (nSPS) is 18.0. The van der Waals surface area contributed by atoms with Gasteiger partial charge in [-0.15, -0.1) is 0 Å². The van der Waals surface area contributed by atoms with E-state index in [1.807, 2.05) is 19.0 Å². The van der Waals surface area contributed by atoms with Crippen molar-refractivity contribution in [1.82, 2.24) is 9.80 Å². The van der Waals surface area contributed by atoms with E-state index < -0.39 is 29.3 Å². The number of halogens is 1. The summed E-state index contributed by atoms with van der Waals surface area (Å²) in [4.78, 5) is 29.2. The summed E-state index contributed by atoms with van der Waals surface area (Å²) >= 11 is 0. The van der Waals surface area contributed by atoms with E-state index in [1.54, 1.807) is 24.3 Å². The molecule has 0 radical (unpaired) electrons. The minimum atomic E-state index is -0.858. The fourth-order valence-electron chi connectivity index (χ4n) is 3.59. The second-order valence-electron chi connectivity index (χ2n) is 7.42. The SMILES string of the molecule is COc1cccc(C2C(=C(O)c3cc(F)ccc3OC)C(=O)C(=O)N2CCN(C)C)c1. The van der Waals surface area contributed by atoms with Crippen molar-refractivity contribution in [2.45, 2.75) is 6.04 Å². The van der Waals surface area contributed by atoms with E-state index in [4.69, 9.17) is 9.47 Å². The number of hydrogen-bond acceptors (Lipinski definition) is 6. The van der Waals surface area contributed by atoms with Gasteiger partial charge in [-0.3, -0.25) is 9.59 Å². The average molecular weight is 428 g/mol. The summed E-state index contributed by atoms with van der Waals surface area (Å²) in [5, 5.41) is 11.1. The number of carbonyl (C=O) groups excluding carboxylic acids is 2. The number of carbonyl (C=O) groups is 2. The van der Waals surface area contributed by atoms with Crippen LogP contribution < -0.4 is 9.47 Å². The largest absolute Gasteiger partial charge is 0.507 e. The molecule has 7 nitrogen and oxygen atoms in total. The molecule has 0 aromatic heterocycles. The first-order chi connectivity index (χ1) is 14.8. The van der Waals surface area contributed by atoms with Gasteiger partial charge >= 0.3 is 0 Å². The maximum Gasteiger partial charge on any atom is 0.295 e. The van der Waals surface area contributed by atoms with Gasteiger partial charge < -0.3 is 24.4 Å². The van der Waals surface area contributed by atoms with Crippen molar-refractivity contribution in [2.24, 2.45) is 0 Å². The topological polar surface area (TPSA) is 79.3 Å². The number of likely N-dealkylation sites (N-methyl/N-ethyl adjacent to an activating group) is 1. The molecule has 0 saturated carbocycles. The van der Waals surface area contributed by atoms with E-state index in [-0.39, 0.29) is 23.4 Å². The second kappa shape index (κ2) is 9.18. The van der Waals surface area contributed by atoms with E-state index >= 15 is 0 Å². The molecule has 1 fully saturated rings. The van der Waals surface area contributed by atoms with Crippen LogP contribution in [0, 0.1) is 5.82 Å². The number of aliphatic hydroxyl groups excluding tert-OH is 1. The third-order valence-electron chi connectivity index (χ3n) is 5.15. The molecular formula is C23H25FN2O5. The molecular weight excluding hydrogens is 403 g/mol. The molecule has 2 aromatic carbocycles. The fourth-order valence-corrected chi connectivity index (χ4v) is 3.59. The highest BCUT2D eigenvalue weighted by Gasteiger charge is 2.46. The van der Waals surface area contributed by atoms with E-state index in [9.17, 15) is 19.1 Å². The van der Waals surface area contributed by atoms with Crippen LogP contribution in [0.2, 0.25) is 0 Å². The summed E-state index contributed by atoms with van der Waals surface area (Å²) in [5.74, 6) is -1.94. The number of nitrogens with zero attached hydrogens (tertiary/aromatic N) is 2. The van der Waals surface area contributed by atoms with Crippen molar-refractivity contribution in [2.75, 3.05) is 41.4 Å². The highest BCUT2D eigenvalue weighted by Crippen LogP contribution is 2.41. The van der Waals surface area contributed by atoms with Crippen LogP contribution in [0.5, 0.6) is 11.5 Å². The van der Waals surface area contributed by atoms with E-state index in [0.717, 1.165) is 6.07 Å². The molecule has 164 valence electrons. The predicted octanol–water partition coefficient (Wildman–Crippen LogP) is 2.83. The number of amides is 1. The monoisotopic (exact) mass is 428 g/mol. The fraction of sp³-hybridized carbons (Fsp3) is 0.304. The Morgan fingerprint density at radius 3 is 2.52 bits per heavy atom. The van der Waals surface area contributed by atoms with Gasteiger partial charge in [0.2, 0.25) is 0 Å². The molecule has 0 aliphatic carbocycles. The third kappa shape index (κ3) is 4.39. The van der Waals surface area contributed by atoms with Crippen molar-refractivity contribution in [3.8, 4) is 11.5 Å². The molecule has 1 aliphatic heterocycles. The van der Waals surface area contributed by atoms with Gasteiger partial charge in [-0.2, -0.15) is 0 Å². The lowest BCUT2D eigenvalue weighted by Gasteiger charge is -2.27. The summed E-state index contributed by atoms with van der Waals surface area (Å²) < 4.78 is 24.5. The zero-order valence-corrected chi connectivity index (χ0v) is 17.9. The summed E-state index contributed by atoms with van der Waals surface area (Å²) in [6.45, 7) is 0.771. The Morgan fingerprint density at radius 2 is 1.87 bits per heavy atom. The minimum Gasteiger partial charge on any atom is -0.507 e. The Balaban J connectivity index is 2.22. The van der Waals surface area contributed by atoms with E-state index in [0.29, 0.717) is 17.9 Å². The number of likely N-dealkylation sites (tertiary alicyclic amines) is 1. The molecule has 1 heterocycles. The lowest BCUT2D eigenvalue weighted by molar-refractivity contribution is -0.140. The molecule has 1 amide bonds. The van der Waals surface area contributed by atoms with Crippen molar-refractivity contribution < 1.29 is 28.6 Å². The zero-order chi connectivity index (χ0) is 22.7. The van der Waals surface area contributed by atoms with Crippen molar-refractivity contribution in [3.05, 3.63) is 65.0 Å². The average Bonchev–Trinajstić information content (AvgIpc) is 3.01. The van der Waals surface area contributed by atoms with Crippen LogP contribution in [0.3, 0.4) is 0 Å². The number of ketones is 1. The summed E-state index contributed by atoms with van der Waals surface area (Å²) in [6, 6.07) is 9.69. The first kappa shape index (κ1) is 22.3. The van der Waals surface area contributed by atoms with Crippen LogP contribution >= 0.6 is 0 Å². The molecule has 1 saturated heterocycles. The Kier molecular flexibility index (Phi) is 6.60. The first-order valence-electron chi connectivity index (χ1n) is 9.69. The molecule has 1 N–H and O–H groups in total. The lowest BCUT2D eigenvalue weighted by atomic mass is 9.94. The highest BCUT2D eigenvalue weighted by atomic mass is 19.1. The van der Waals surface area contributed by atoms with Crippen molar-refractivity contribution in [3.63, 3.8) is 0 Å². The van der Waals surface area contributed by atoms with Gasteiger partial charge in [0.05, 0.1) is 31.4 Å². The van der Waals surface area contributed by atoms with Crippen molar-refractivity contribution >= 4 is 17.4 Å². The van der Waals surface area contributed by atoms with E-state index in [2.05, 4.69) is 0 Å². The van der Waals surface area contributed by atoms with Crippen LogP contribution in [0.15, 0.2) is 48.0 Å². The second-order valence-corrected chi connectivity index (χ2v) is 7.42. The molecule has 2 aromatic rings. The van der Waals surface area contributed by atoms with Crippen LogP contribution in [-0.2, 0) is 9.59 Å². The van der Waals surface area contributed by atoms with E-state index in [1.165, 1.54) is 31.3 Å². The molecule has 8 heteroatoms. The third-order valence-corrected chi connectivity index (χ3v) is 5.15. The number of Topliss-reactive ketones (excluding diaryl/α,β-unsaturated/α-hetero) is 1. The maximum atomic E-state index is 13.9. The Morgan fingerprint density at radius 1 is 1.13 bits per heavy atom. The van der Waals surface area contributed by atoms with Crippen LogP contribution in [0.25, 0.3) is 5.76 Å². The number of aliphatic hydroxyl groups is 1. The van der Waals surface area contributed by atoms with Crippen LogP contribution in [-0.4, -0.2) is 68.0 Å². The summed E-state index contributed by atoms with van der Waals surface area (Å²) in [5.41, 5.74) is 0.469. The minimum absolute atomic E-state index is 0.000931. The lowest BCUT2D eigenvalue weighted by Crippen LogP contribution is -2.35. The number of ether oxygens (including phenoxy) is 2. The smallest absolute Gasteiger partial charge is 0.295 e. The number of benzene rings is 2. The van der Waals surface area contributed by atoms with Gasteiger partial charge in [0.1, 0.15) is 23.1 Å². The first-order valence-corrected chi connectivity index (χ1v) is 9.69. The molecule has 1 unspecified atom stereocenters. The molecule has 1 atom stereocenters. The van der Waals surface area contributed by atoms with Crippen molar-refractivity contribution in [1.29, 1.82) is 0 Å². The molecule has 1 aliphatic rings. The number of methoxy groups -OCH3 is 2. The molecule has 0 bridgehead atoms. The maximum absolute atomic E-state index is 13.9.